The molecule has 4 rings (SSSR count). The predicted octanol–water partition coefficient (Wildman–Crippen LogP) is 1.81. The maximum atomic E-state index is 5.52. The van der Waals surface area contributed by atoms with Crippen LogP contribution in [0.3, 0.4) is 0 Å². The number of guanidine groups is 1. The average molecular weight is 416 g/mol. The van der Waals surface area contributed by atoms with Crippen LogP contribution in [0.5, 0.6) is 5.75 Å². The minimum atomic E-state index is 0.331. The summed E-state index contributed by atoms with van der Waals surface area (Å²) in [7, 11) is 3.64. The Hall–Kier alpha value is -1.83. The monoisotopic (exact) mass is 415 g/mol. The quantitative estimate of drug-likeness (QED) is 0.565. The Morgan fingerprint density at radius 3 is 2.73 bits per heavy atom. The first-order valence-corrected chi connectivity index (χ1v) is 11.4. The maximum Gasteiger partial charge on any atom is 0.193 e. The third-order valence-corrected chi connectivity index (χ3v) is 6.75. The number of ether oxygens (including phenoxy) is 2. The van der Waals surface area contributed by atoms with E-state index in [1.807, 2.05) is 13.1 Å². The lowest BCUT2D eigenvalue weighted by atomic mass is 10.1. The lowest BCUT2D eigenvalue weighted by Crippen LogP contribution is -2.47. The lowest BCUT2D eigenvalue weighted by molar-refractivity contribution is 0.0194. The molecule has 2 unspecified atom stereocenters. The van der Waals surface area contributed by atoms with Gasteiger partial charge in [-0.1, -0.05) is 12.1 Å². The third kappa shape index (κ3) is 5.07. The van der Waals surface area contributed by atoms with Gasteiger partial charge in [0.15, 0.2) is 5.96 Å². The number of nitrogens with zero attached hydrogens (tertiary/aromatic N) is 4. The minimum Gasteiger partial charge on any atom is -0.497 e. The molecule has 0 aliphatic carbocycles. The van der Waals surface area contributed by atoms with Crippen LogP contribution in [-0.4, -0.2) is 99.9 Å². The largest absolute Gasteiger partial charge is 0.497 e. The van der Waals surface area contributed by atoms with Crippen LogP contribution in [0.25, 0.3) is 0 Å². The molecule has 1 aromatic carbocycles. The van der Waals surface area contributed by atoms with Crippen LogP contribution in [0.15, 0.2) is 29.3 Å². The van der Waals surface area contributed by atoms with Gasteiger partial charge in [0.1, 0.15) is 5.75 Å². The van der Waals surface area contributed by atoms with Crippen LogP contribution >= 0.6 is 0 Å². The second kappa shape index (κ2) is 10.5. The molecule has 0 amide bonds. The van der Waals surface area contributed by atoms with E-state index in [0.717, 1.165) is 70.7 Å². The van der Waals surface area contributed by atoms with E-state index >= 15 is 0 Å². The molecule has 2 atom stereocenters. The van der Waals surface area contributed by atoms with E-state index in [0.29, 0.717) is 12.1 Å². The fourth-order valence-electron chi connectivity index (χ4n) is 5.05. The normalized spacial score (nSPS) is 24.9. The van der Waals surface area contributed by atoms with Crippen molar-refractivity contribution in [3.63, 3.8) is 0 Å². The second-order valence-electron chi connectivity index (χ2n) is 8.50. The minimum absolute atomic E-state index is 0.331. The first kappa shape index (κ1) is 21.4. The van der Waals surface area contributed by atoms with Gasteiger partial charge in [-0.3, -0.25) is 14.8 Å². The summed E-state index contributed by atoms with van der Waals surface area (Å²) in [6.07, 6.45) is 3.76. The van der Waals surface area contributed by atoms with Crippen molar-refractivity contribution >= 4 is 5.96 Å². The molecule has 3 heterocycles. The number of benzene rings is 1. The number of hydrogen-bond acceptors (Lipinski definition) is 5. The van der Waals surface area contributed by atoms with Gasteiger partial charge in [0.2, 0.25) is 0 Å². The fraction of sp³-hybridized carbons (Fsp3) is 0.696. The van der Waals surface area contributed by atoms with Gasteiger partial charge in [-0.05, 0) is 50.0 Å². The number of morpholine rings is 1. The molecule has 3 aliphatic heterocycles. The van der Waals surface area contributed by atoms with E-state index in [-0.39, 0.29) is 0 Å². The van der Waals surface area contributed by atoms with Crippen molar-refractivity contribution < 1.29 is 9.47 Å². The van der Waals surface area contributed by atoms with E-state index in [1.165, 1.54) is 24.8 Å². The molecule has 0 radical (unpaired) electrons. The molecule has 3 aliphatic rings. The summed E-state index contributed by atoms with van der Waals surface area (Å²) in [5.41, 5.74) is 1.31. The van der Waals surface area contributed by atoms with E-state index in [2.05, 4.69) is 43.2 Å². The molecular formula is C23H37N5O2. The molecular weight excluding hydrogens is 378 g/mol. The molecule has 1 aromatic rings. The highest BCUT2D eigenvalue weighted by Crippen LogP contribution is 2.27. The van der Waals surface area contributed by atoms with Crippen LogP contribution in [0.4, 0.5) is 0 Å². The predicted molar refractivity (Wildman–Crippen MR) is 120 cm³/mol. The van der Waals surface area contributed by atoms with Gasteiger partial charge in [-0.15, -0.1) is 0 Å². The highest BCUT2D eigenvalue weighted by molar-refractivity contribution is 5.80. The average Bonchev–Trinajstić information content (AvgIpc) is 3.50. The van der Waals surface area contributed by atoms with Crippen molar-refractivity contribution in [2.24, 2.45) is 4.99 Å². The molecule has 0 bridgehead atoms. The summed E-state index contributed by atoms with van der Waals surface area (Å²) in [5.74, 6) is 1.95. The Morgan fingerprint density at radius 1 is 1.20 bits per heavy atom. The van der Waals surface area contributed by atoms with Crippen molar-refractivity contribution in [3.05, 3.63) is 29.8 Å². The van der Waals surface area contributed by atoms with Crippen LogP contribution in [0.1, 0.15) is 30.9 Å². The number of aliphatic imine (C=N–C) groups is 1. The smallest absolute Gasteiger partial charge is 0.193 e. The summed E-state index contributed by atoms with van der Waals surface area (Å²) in [4.78, 5) is 12.2. The highest BCUT2D eigenvalue weighted by atomic mass is 16.5. The maximum absolute atomic E-state index is 5.52. The zero-order valence-corrected chi connectivity index (χ0v) is 18.6. The first-order chi connectivity index (χ1) is 14.8. The molecule has 166 valence electrons. The van der Waals surface area contributed by atoms with Crippen LogP contribution in [-0.2, 0) is 4.74 Å². The van der Waals surface area contributed by atoms with Crippen LogP contribution < -0.4 is 10.1 Å². The molecule has 0 saturated carbocycles. The van der Waals surface area contributed by atoms with Gasteiger partial charge in [0.05, 0.1) is 26.4 Å². The molecule has 3 fully saturated rings. The van der Waals surface area contributed by atoms with Crippen molar-refractivity contribution in [2.45, 2.75) is 31.3 Å². The first-order valence-electron chi connectivity index (χ1n) is 11.4. The Labute approximate surface area is 181 Å². The summed E-state index contributed by atoms with van der Waals surface area (Å²) in [5, 5.41) is 3.70. The number of rotatable bonds is 6. The van der Waals surface area contributed by atoms with Crippen molar-refractivity contribution in [1.82, 2.24) is 20.0 Å². The van der Waals surface area contributed by atoms with Gasteiger partial charge >= 0.3 is 0 Å². The third-order valence-electron chi connectivity index (χ3n) is 6.75. The number of nitrogens with one attached hydrogen (secondary N) is 1. The molecule has 0 aromatic heterocycles. The van der Waals surface area contributed by atoms with Crippen LogP contribution in [0.2, 0.25) is 0 Å². The molecule has 3 saturated heterocycles. The Kier molecular flexibility index (Phi) is 7.47. The summed E-state index contributed by atoms with van der Waals surface area (Å²) < 4.78 is 11.0. The molecule has 7 nitrogen and oxygen atoms in total. The van der Waals surface area contributed by atoms with Crippen molar-refractivity contribution in [3.8, 4) is 5.75 Å². The summed E-state index contributed by atoms with van der Waals surface area (Å²) in [6.45, 7) is 9.12. The molecule has 0 spiro atoms. The number of hydrogen-bond donors (Lipinski definition) is 1. The second-order valence-corrected chi connectivity index (χ2v) is 8.50. The van der Waals surface area contributed by atoms with Gasteiger partial charge in [0, 0.05) is 45.8 Å². The topological polar surface area (TPSA) is 52.6 Å². The fourth-order valence-corrected chi connectivity index (χ4v) is 5.05. The molecule has 7 heteroatoms. The van der Waals surface area contributed by atoms with Crippen molar-refractivity contribution in [2.75, 3.05) is 73.2 Å². The van der Waals surface area contributed by atoms with Gasteiger partial charge in [-0.25, -0.2) is 0 Å². The van der Waals surface area contributed by atoms with E-state index in [1.54, 1.807) is 7.11 Å². The Morgan fingerprint density at radius 2 is 2.00 bits per heavy atom. The zero-order chi connectivity index (χ0) is 20.8. The Balaban J connectivity index is 1.39. The van der Waals surface area contributed by atoms with Gasteiger partial charge in [0.25, 0.3) is 0 Å². The lowest BCUT2D eigenvalue weighted by Gasteiger charge is -2.33. The van der Waals surface area contributed by atoms with E-state index in [9.17, 15) is 0 Å². The van der Waals surface area contributed by atoms with Gasteiger partial charge in [-0.2, -0.15) is 0 Å². The van der Waals surface area contributed by atoms with Crippen molar-refractivity contribution in [1.29, 1.82) is 0 Å². The standard InChI is InChI=1S/C23H37N5O2/c1-24-23(28-11-8-20(18-28)26-12-14-30-15-13-26)25-17-22(27-9-3-4-10-27)19-6-5-7-21(16-19)29-2/h5-7,16,20,22H,3-4,8-15,17-18H2,1-2H3,(H,24,25). The zero-order valence-electron chi connectivity index (χ0n) is 18.6. The molecule has 1 N–H and O–H groups in total. The number of methoxy groups -OCH3 is 1. The summed E-state index contributed by atoms with van der Waals surface area (Å²) in [6, 6.07) is 9.46. The highest BCUT2D eigenvalue weighted by Gasteiger charge is 2.31. The SMILES string of the molecule is CN=C(NCC(c1cccc(OC)c1)N1CCCC1)N1CCC(N2CCOCC2)C1. The summed E-state index contributed by atoms with van der Waals surface area (Å²) >= 11 is 0. The molecule has 30 heavy (non-hydrogen) atoms. The van der Waals surface area contributed by atoms with Crippen LogP contribution in [0, 0.1) is 0 Å². The van der Waals surface area contributed by atoms with E-state index in [4.69, 9.17) is 9.47 Å². The Bertz CT molecular complexity index is 701. The number of likely N-dealkylation sites (tertiary alicyclic amines) is 2. The van der Waals surface area contributed by atoms with E-state index < -0.39 is 0 Å². The van der Waals surface area contributed by atoms with Gasteiger partial charge < -0.3 is 19.7 Å².